The third kappa shape index (κ3) is 3.17. The molecule has 0 spiro atoms. The molecule has 5 nitrogen and oxygen atoms in total. The number of nitrogens with two attached hydrogens (primary N) is 1. The number of benzene rings is 1. The third-order valence-electron chi connectivity index (χ3n) is 4.37. The molecule has 2 aromatic rings. The van der Waals surface area contributed by atoms with Crippen LogP contribution in [-0.2, 0) is 4.79 Å². The highest BCUT2D eigenvalue weighted by atomic mass is 32.1. The molecule has 1 aliphatic heterocycles. The molecule has 0 saturated carbocycles. The molecule has 2 atom stereocenters. The van der Waals surface area contributed by atoms with Gasteiger partial charge in [-0.05, 0) is 31.9 Å². The number of carbonyl (C=O) groups is 2. The summed E-state index contributed by atoms with van der Waals surface area (Å²) in [7, 11) is 0. The van der Waals surface area contributed by atoms with Gasteiger partial charge in [0.25, 0.3) is 5.91 Å². The molecule has 1 saturated heterocycles. The van der Waals surface area contributed by atoms with E-state index in [0.29, 0.717) is 23.5 Å². The van der Waals surface area contributed by atoms with Crippen LogP contribution in [0.1, 0.15) is 30.3 Å². The molecule has 1 aromatic carbocycles. The van der Waals surface area contributed by atoms with Crippen molar-refractivity contribution < 1.29 is 14.0 Å². The van der Waals surface area contributed by atoms with Crippen molar-refractivity contribution >= 4 is 23.2 Å². The first-order valence-corrected chi connectivity index (χ1v) is 8.66. The van der Waals surface area contributed by atoms with Gasteiger partial charge in [-0.2, -0.15) is 0 Å². The number of likely N-dealkylation sites (tertiary alicyclic amines) is 1. The predicted octanol–water partition coefficient (Wildman–Crippen LogP) is 2.68. The van der Waals surface area contributed by atoms with E-state index < -0.39 is 0 Å². The minimum Gasteiger partial charge on any atom is -0.369 e. The topological polar surface area (TPSA) is 76.3 Å². The average molecular weight is 347 g/mol. The average Bonchev–Trinajstić information content (AvgIpc) is 3.04. The van der Waals surface area contributed by atoms with Gasteiger partial charge in [0, 0.05) is 23.5 Å². The standard InChI is InChI=1S/C17H18FN3O2S/c1-10-6-7-11(15(19)22)8-21(10)17(23)14-9-24-16(20-14)12-4-2-3-5-13(12)18/h2-5,9-11H,6-8H2,1H3,(H2,19,22)/t10-,11+/m1/s1. The maximum atomic E-state index is 13.9. The zero-order chi connectivity index (χ0) is 17.3. The molecule has 0 bridgehead atoms. The lowest BCUT2D eigenvalue weighted by Gasteiger charge is -2.36. The second-order valence-electron chi connectivity index (χ2n) is 6.00. The van der Waals surface area contributed by atoms with Crippen LogP contribution in [0.25, 0.3) is 10.6 Å². The molecular formula is C17H18FN3O2S. The Morgan fingerprint density at radius 1 is 1.33 bits per heavy atom. The highest BCUT2D eigenvalue weighted by Crippen LogP contribution is 2.28. The van der Waals surface area contributed by atoms with E-state index in [-0.39, 0.29) is 35.3 Å². The summed E-state index contributed by atoms with van der Waals surface area (Å²) >= 11 is 1.23. The zero-order valence-corrected chi connectivity index (χ0v) is 14.1. The van der Waals surface area contributed by atoms with Gasteiger partial charge < -0.3 is 10.6 Å². The molecule has 0 radical (unpaired) electrons. The van der Waals surface area contributed by atoms with Gasteiger partial charge in [-0.15, -0.1) is 11.3 Å². The largest absolute Gasteiger partial charge is 0.369 e. The molecule has 1 aromatic heterocycles. The van der Waals surface area contributed by atoms with Crippen molar-refractivity contribution in [3.63, 3.8) is 0 Å². The van der Waals surface area contributed by atoms with E-state index in [1.54, 1.807) is 28.5 Å². The van der Waals surface area contributed by atoms with Crippen molar-refractivity contribution in [2.75, 3.05) is 6.54 Å². The highest BCUT2D eigenvalue weighted by molar-refractivity contribution is 7.13. The number of carbonyl (C=O) groups excluding carboxylic acids is 2. The number of hydrogen-bond donors (Lipinski definition) is 1. The van der Waals surface area contributed by atoms with Crippen molar-refractivity contribution in [3.05, 3.63) is 41.2 Å². The Morgan fingerprint density at radius 3 is 2.79 bits per heavy atom. The van der Waals surface area contributed by atoms with Gasteiger partial charge in [0.2, 0.25) is 5.91 Å². The molecule has 7 heteroatoms. The third-order valence-corrected chi connectivity index (χ3v) is 5.25. The van der Waals surface area contributed by atoms with E-state index in [2.05, 4.69) is 4.98 Å². The number of primary amides is 1. The van der Waals surface area contributed by atoms with Crippen LogP contribution in [0.2, 0.25) is 0 Å². The first-order valence-electron chi connectivity index (χ1n) is 7.78. The minimum absolute atomic E-state index is 0.0201. The van der Waals surface area contributed by atoms with Crippen LogP contribution in [0.15, 0.2) is 29.6 Å². The van der Waals surface area contributed by atoms with E-state index in [1.807, 2.05) is 6.92 Å². The van der Waals surface area contributed by atoms with Crippen LogP contribution < -0.4 is 5.73 Å². The number of piperidine rings is 1. The number of rotatable bonds is 3. The van der Waals surface area contributed by atoms with Crippen LogP contribution in [0.4, 0.5) is 4.39 Å². The summed E-state index contributed by atoms with van der Waals surface area (Å²) in [5, 5.41) is 2.10. The molecular weight excluding hydrogens is 329 g/mol. The van der Waals surface area contributed by atoms with E-state index in [0.717, 1.165) is 6.42 Å². The van der Waals surface area contributed by atoms with Crippen molar-refractivity contribution in [3.8, 4) is 10.6 Å². The minimum atomic E-state index is -0.384. The lowest BCUT2D eigenvalue weighted by molar-refractivity contribution is -0.123. The van der Waals surface area contributed by atoms with Gasteiger partial charge in [-0.3, -0.25) is 9.59 Å². The second-order valence-corrected chi connectivity index (χ2v) is 6.86. The molecule has 1 aliphatic rings. The van der Waals surface area contributed by atoms with Crippen LogP contribution in [-0.4, -0.2) is 34.3 Å². The predicted molar refractivity (Wildman–Crippen MR) is 89.9 cm³/mol. The SMILES string of the molecule is C[C@@H]1CC[C@H](C(N)=O)CN1C(=O)c1csc(-c2ccccc2F)n1. The number of amides is 2. The number of nitrogens with zero attached hydrogens (tertiary/aromatic N) is 2. The zero-order valence-electron chi connectivity index (χ0n) is 13.2. The monoisotopic (exact) mass is 347 g/mol. The van der Waals surface area contributed by atoms with Crippen LogP contribution >= 0.6 is 11.3 Å². The summed E-state index contributed by atoms with van der Waals surface area (Å²) < 4.78 is 13.9. The van der Waals surface area contributed by atoms with E-state index in [9.17, 15) is 14.0 Å². The fourth-order valence-corrected chi connectivity index (χ4v) is 3.72. The molecule has 3 rings (SSSR count). The Bertz CT molecular complexity index is 777. The van der Waals surface area contributed by atoms with Gasteiger partial charge in [0.15, 0.2) is 0 Å². The highest BCUT2D eigenvalue weighted by Gasteiger charge is 2.33. The Morgan fingerprint density at radius 2 is 2.08 bits per heavy atom. The quantitative estimate of drug-likeness (QED) is 0.927. The summed E-state index contributed by atoms with van der Waals surface area (Å²) in [5.41, 5.74) is 6.03. The smallest absolute Gasteiger partial charge is 0.273 e. The van der Waals surface area contributed by atoms with Crippen molar-refractivity contribution in [1.82, 2.24) is 9.88 Å². The molecule has 2 amide bonds. The Labute approximate surface area is 143 Å². The number of aromatic nitrogens is 1. The van der Waals surface area contributed by atoms with Crippen LogP contribution in [0.3, 0.4) is 0 Å². The summed E-state index contributed by atoms with van der Waals surface area (Å²) in [4.78, 5) is 30.1. The maximum absolute atomic E-state index is 13.9. The summed E-state index contributed by atoms with van der Waals surface area (Å²) in [6.07, 6.45) is 1.42. The normalized spacial score (nSPS) is 20.8. The Balaban J connectivity index is 1.83. The van der Waals surface area contributed by atoms with Gasteiger partial charge in [-0.1, -0.05) is 12.1 Å². The van der Waals surface area contributed by atoms with Gasteiger partial charge in [0.1, 0.15) is 16.5 Å². The molecule has 126 valence electrons. The summed E-state index contributed by atoms with van der Waals surface area (Å²) in [6.45, 7) is 2.25. The van der Waals surface area contributed by atoms with Gasteiger partial charge >= 0.3 is 0 Å². The second kappa shape index (κ2) is 6.68. The molecule has 2 N–H and O–H groups in total. The lowest BCUT2D eigenvalue weighted by Crippen LogP contribution is -2.48. The molecule has 24 heavy (non-hydrogen) atoms. The number of hydrogen-bond acceptors (Lipinski definition) is 4. The van der Waals surface area contributed by atoms with Crippen LogP contribution in [0.5, 0.6) is 0 Å². The van der Waals surface area contributed by atoms with Crippen molar-refractivity contribution in [2.24, 2.45) is 11.7 Å². The van der Waals surface area contributed by atoms with Crippen molar-refractivity contribution in [1.29, 1.82) is 0 Å². The lowest BCUT2D eigenvalue weighted by atomic mass is 9.93. The molecule has 0 unspecified atom stereocenters. The number of halogens is 1. The van der Waals surface area contributed by atoms with Crippen molar-refractivity contribution in [2.45, 2.75) is 25.8 Å². The fraction of sp³-hybridized carbons (Fsp3) is 0.353. The van der Waals surface area contributed by atoms with Crippen LogP contribution in [0, 0.1) is 11.7 Å². The first-order chi connectivity index (χ1) is 11.5. The van der Waals surface area contributed by atoms with E-state index in [4.69, 9.17) is 5.73 Å². The fourth-order valence-electron chi connectivity index (χ4n) is 2.90. The van der Waals surface area contributed by atoms with Gasteiger partial charge in [0.05, 0.1) is 5.92 Å². The van der Waals surface area contributed by atoms with Gasteiger partial charge in [-0.25, -0.2) is 9.37 Å². The molecule has 1 fully saturated rings. The number of thiazole rings is 1. The van der Waals surface area contributed by atoms with E-state index in [1.165, 1.54) is 17.4 Å². The summed E-state index contributed by atoms with van der Waals surface area (Å²) in [5.74, 6) is -1.32. The molecule has 2 heterocycles. The Hall–Kier alpha value is -2.28. The first kappa shape index (κ1) is 16.6. The summed E-state index contributed by atoms with van der Waals surface area (Å²) in [6, 6.07) is 6.35. The Kier molecular flexibility index (Phi) is 4.62. The van der Waals surface area contributed by atoms with E-state index >= 15 is 0 Å². The molecule has 0 aliphatic carbocycles. The maximum Gasteiger partial charge on any atom is 0.273 e.